The number of nitrogens with one attached hydrogen (secondary N) is 2. The molecule has 1 atom stereocenters. The van der Waals surface area contributed by atoms with E-state index >= 15 is 0 Å². The van der Waals surface area contributed by atoms with Crippen molar-refractivity contribution in [2.24, 2.45) is 10.8 Å². The summed E-state index contributed by atoms with van der Waals surface area (Å²) in [5, 5.41) is 3.41. The van der Waals surface area contributed by atoms with Crippen molar-refractivity contribution in [1.82, 2.24) is 10.7 Å². The topological polar surface area (TPSA) is 62.4 Å². The highest BCUT2D eigenvalue weighted by Crippen LogP contribution is 2.34. The number of hydrogen-bond acceptors (Lipinski definition) is 2. The minimum absolute atomic E-state index is 0.545. The molecule has 0 heterocycles. The SMILES string of the molecule is NNC(=NCC1Cc2ccccc21)NC1CCCC1. The van der Waals surface area contributed by atoms with Crippen molar-refractivity contribution in [2.45, 2.75) is 44.1 Å². The van der Waals surface area contributed by atoms with Gasteiger partial charge in [0.2, 0.25) is 5.96 Å². The van der Waals surface area contributed by atoms with Gasteiger partial charge in [0.15, 0.2) is 0 Å². The van der Waals surface area contributed by atoms with Gasteiger partial charge in [0.05, 0.1) is 0 Å². The average molecular weight is 258 g/mol. The van der Waals surface area contributed by atoms with Crippen LogP contribution in [0.4, 0.5) is 0 Å². The summed E-state index contributed by atoms with van der Waals surface area (Å²) >= 11 is 0. The Labute approximate surface area is 114 Å². The fraction of sp³-hybridized carbons (Fsp3) is 0.533. The zero-order valence-electron chi connectivity index (χ0n) is 11.2. The second-order valence-electron chi connectivity index (χ2n) is 5.56. The van der Waals surface area contributed by atoms with E-state index in [0.717, 1.165) is 18.9 Å². The van der Waals surface area contributed by atoms with E-state index in [9.17, 15) is 0 Å². The Morgan fingerprint density at radius 2 is 2.05 bits per heavy atom. The van der Waals surface area contributed by atoms with Crippen LogP contribution in [0.15, 0.2) is 29.3 Å². The normalized spacial score (nSPS) is 22.8. The Balaban J connectivity index is 1.56. The van der Waals surface area contributed by atoms with Gasteiger partial charge in [-0.25, -0.2) is 5.84 Å². The third-order valence-corrected chi connectivity index (χ3v) is 4.26. The monoisotopic (exact) mass is 258 g/mol. The number of rotatable bonds is 3. The maximum absolute atomic E-state index is 5.55. The fourth-order valence-corrected chi connectivity index (χ4v) is 3.12. The molecule has 1 aromatic carbocycles. The standard InChI is InChI=1S/C15H22N4/c16-19-15(18-13-6-2-3-7-13)17-10-12-9-11-5-1-4-8-14(11)12/h1,4-5,8,12-13H,2-3,6-7,9-10,16H2,(H2,17,18,19). The summed E-state index contributed by atoms with van der Waals surface area (Å²) in [6, 6.07) is 9.16. The Hall–Kier alpha value is -1.55. The molecule has 1 unspecified atom stereocenters. The molecule has 4 nitrogen and oxygen atoms in total. The Kier molecular flexibility index (Phi) is 3.69. The highest BCUT2D eigenvalue weighted by atomic mass is 15.3. The molecule has 0 radical (unpaired) electrons. The first kappa shape index (κ1) is 12.5. The van der Waals surface area contributed by atoms with Gasteiger partial charge in [0.1, 0.15) is 0 Å². The second kappa shape index (κ2) is 5.61. The van der Waals surface area contributed by atoms with Crippen molar-refractivity contribution in [1.29, 1.82) is 0 Å². The zero-order valence-corrected chi connectivity index (χ0v) is 11.2. The summed E-state index contributed by atoms with van der Waals surface area (Å²) in [5.41, 5.74) is 5.61. The third-order valence-electron chi connectivity index (χ3n) is 4.26. The van der Waals surface area contributed by atoms with Crippen molar-refractivity contribution in [3.63, 3.8) is 0 Å². The van der Waals surface area contributed by atoms with Crippen LogP contribution in [-0.2, 0) is 6.42 Å². The highest BCUT2D eigenvalue weighted by molar-refractivity contribution is 5.79. The maximum atomic E-state index is 5.55. The van der Waals surface area contributed by atoms with Crippen LogP contribution >= 0.6 is 0 Å². The number of hydrazine groups is 1. The molecule has 102 valence electrons. The molecule has 2 aliphatic carbocycles. The van der Waals surface area contributed by atoms with Crippen LogP contribution in [0.25, 0.3) is 0 Å². The number of nitrogens with zero attached hydrogens (tertiary/aromatic N) is 1. The van der Waals surface area contributed by atoms with Crippen molar-refractivity contribution in [3.8, 4) is 0 Å². The molecule has 0 amide bonds. The molecule has 1 aromatic rings. The van der Waals surface area contributed by atoms with Gasteiger partial charge >= 0.3 is 0 Å². The van der Waals surface area contributed by atoms with E-state index in [2.05, 4.69) is 40.0 Å². The molecule has 19 heavy (non-hydrogen) atoms. The Morgan fingerprint density at radius 3 is 2.79 bits per heavy atom. The van der Waals surface area contributed by atoms with E-state index in [1.807, 2.05) is 0 Å². The van der Waals surface area contributed by atoms with Crippen LogP contribution in [0.2, 0.25) is 0 Å². The molecule has 0 saturated heterocycles. The number of guanidine groups is 1. The van der Waals surface area contributed by atoms with E-state index in [4.69, 9.17) is 5.84 Å². The van der Waals surface area contributed by atoms with Gasteiger partial charge in [-0.1, -0.05) is 37.1 Å². The minimum atomic E-state index is 0.545. The van der Waals surface area contributed by atoms with Crippen molar-refractivity contribution < 1.29 is 0 Å². The van der Waals surface area contributed by atoms with Crippen LogP contribution in [0, 0.1) is 0 Å². The van der Waals surface area contributed by atoms with Crippen molar-refractivity contribution in [3.05, 3.63) is 35.4 Å². The zero-order chi connectivity index (χ0) is 13.1. The predicted molar refractivity (Wildman–Crippen MR) is 77.9 cm³/mol. The predicted octanol–water partition coefficient (Wildman–Crippen LogP) is 1.68. The van der Waals surface area contributed by atoms with Gasteiger partial charge in [-0.05, 0) is 30.4 Å². The molecule has 4 heteroatoms. The molecule has 0 bridgehead atoms. The number of nitrogens with two attached hydrogens (primary N) is 1. The lowest BCUT2D eigenvalue weighted by molar-refractivity contribution is 0.594. The smallest absolute Gasteiger partial charge is 0.205 e. The van der Waals surface area contributed by atoms with Crippen molar-refractivity contribution >= 4 is 5.96 Å². The largest absolute Gasteiger partial charge is 0.353 e. The van der Waals surface area contributed by atoms with Crippen LogP contribution in [0.3, 0.4) is 0 Å². The fourth-order valence-electron chi connectivity index (χ4n) is 3.12. The Morgan fingerprint density at radius 1 is 1.26 bits per heavy atom. The lowest BCUT2D eigenvalue weighted by atomic mass is 9.78. The van der Waals surface area contributed by atoms with Gasteiger partial charge in [0.25, 0.3) is 0 Å². The summed E-state index contributed by atoms with van der Waals surface area (Å²) in [6.07, 6.45) is 6.22. The van der Waals surface area contributed by atoms with Crippen LogP contribution in [0.1, 0.15) is 42.7 Å². The van der Waals surface area contributed by atoms with E-state index in [0.29, 0.717) is 12.0 Å². The van der Waals surface area contributed by atoms with Gasteiger partial charge in [0, 0.05) is 18.5 Å². The third kappa shape index (κ3) is 2.73. The lowest BCUT2D eigenvalue weighted by Gasteiger charge is -2.29. The average Bonchev–Trinajstić information content (AvgIpc) is 2.91. The van der Waals surface area contributed by atoms with Gasteiger partial charge in [-0.15, -0.1) is 0 Å². The summed E-state index contributed by atoms with van der Waals surface area (Å²) < 4.78 is 0. The van der Waals surface area contributed by atoms with E-state index in [-0.39, 0.29) is 0 Å². The van der Waals surface area contributed by atoms with Crippen LogP contribution < -0.4 is 16.6 Å². The quantitative estimate of drug-likeness (QED) is 0.334. The molecule has 2 aliphatic rings. The summed E-state index contributed by atoms with van der Waals surface area (Å²) in [4.78, 5) is 4.60. The molecule has 1 fully saturated rings. The second-order valence-corrected chi connectivity index (χ2v) is 5.56. The maximum Gasteiger partial charge on any atom is 0.205 e. The van der Waals surface area contributed by atoms with Gasteiger partial charge < -0.3 is 5.32 Å². The number of fused-ring (bicyclic) bond motifs is 1. The summed E-state index contributed by atoms with van der Waals surface area (Å²) in [7, 11) is 0. The minimum Gasteiger partial charge on any atom is -0.353 e. The first-order chi connectivity index (χ1) is 9.36. The molecular formula is C15H22N4. The van der Waals surface area contributed by atoms with E-state index in [1.165, 1.54) is 36.8 Å². The highest BCUT2D eigenvalue weighted by Gasteiger charge is 2.25. The molecule has 1 saturated carbocycles. The molecular weight excluding hydrogens is 236 g/mol. The van der Waals surface area contributed by atoms with Gasteiger partial charge in [-0.2, -0.15) is 0 Å². The number of hydrogen-bond donors (Lipinski definition) is 3. The van der Waals surface area contributed by atoms with Crippen LogP contribution in [-0.4, -0.2) is 18.5 Å². The van der Waals surface area contributed by atoms with Crippen LogP contribution in [0.5, 0.6) is 0 Å². The first-order valence-corrected chi connectivity index (χ1v) is 7.22. The number of aliphatic imine (C=N–C) groups is 1. The Bertz CT molecular complexity index is 463. The molecule has 0 aliphatic heterocycles. The van der Waals surface area contributed by atoms with E-state index < -0.39 is 0 Å². The lowest BCUT2D eigenvalue weighted by Crippen LogP contribution is -2.46. The molecule has 0 spiro atoms. The summed E-state index contributed by atoms with van der Waals surface area (Å²) in [5.74, 6) is 6.85. The molecule has 3 rings (SSSR count). The first-order valence-electron chi connectivity index (χ1n) is 7.22. The van der Waals surface area contributed by atoms with Gasteiger partial charge in [-0.3, -0.25) is 10.4 Å². The van der Waals surface area contributed by atoms with Crippen molar-refractivity contribution in [2.75, 3.05) is 6.54 Å². The number of benzene rings is 1. The van der Waals surface area contributed by atoms with E-state index in [1.54, 1.807) is 0 Å². The molecule has 0 aromatic heterocycles. The summed E-state index contributed by atoms with van der Waals surface area (Å²) in [6.45, 7) is 0.816. The molecule has 4 N–H and O–H groups in total.